The monoisotopic (exact) mass is 299 g/mol. The molecule has 20 heavy (non-hydrogen) atoms. The Morgan fingerprint density at radius 1 is 1.50 bits per heavy atom. The minimum atomic E-state index is -0.274. The molecule has 112 valence electrons. The van der Waals surface area contributed by atoms with Crippen LogP contribution in [0.3, 0.4) is 0 Å². The number of likely N-dealkylation sites (N-methyl/N-ethyl adjacent to an activating group) is 1. The number of nitrogen functional groups attached to an aromatic ring is 1. The smallest absolute Gasteiger partial charge is 0.241 e. The van der Waals surface area contributed by atoms with Crippen molar-refractivity contribution in [1.29, 1.82) is 0 Å². The number of aliphatic hydroxyl groups is 1. The first kappa shape index (κ1) is 16.8. The second kappa shape index (κ2) is 8.09. The Bertz CT molecular complexity index is 454. The number of nitrogens with two attached hydrogens (primary N) is 1. The predicted molar refractivity (Wildman–Crippen MR) is 82.9 cm³/mol. The highest BCUT2D eigenvalue weighted by Crippen LogP contribution is 2.22. The van der Waals surface area contributed by atoms with E-state index in [1.165, 1.54) is 0 Å². The maximum Gasteiger partial charge on any atom is 0.241 e. The van der Waals surface area contributed by atoms with Gasteiger partial charge >= 0.3 is 0 Å². The van der Waals surface area contributed by atoms with Gasteiger partial charge in [-0.2, -0.15) is 0 Å². The molecule has 0 aliphatic heterocycles. The van der Waals surface area contributed by atoms with Gasteiger partial charge in [0.2, 0.25) is 5.91 Å². The van der Waals surface area contributed by atoms with Gasteiger partial charge in [-0.25, -0.2) is 0 Å². The molecule has 0 saturated carbocycles. The molecule has 0 heterocycles. The van der Waals surface area contributed by atoms with Gasteiger partial charge in [-0.3, -0.25) is 9.69 Å². The second-order valence-corrected chi connectivity index (χ2v) is 4.91. The number of anilines is 2. The van der Waals surface area contributed by atoms with E-state index < -0.39 is 0 Å². The van der Waals surface area contributed by atoms with Gasteiger partial charge < -0.3 is 16.2 Å². The Balaban J connectivity index is 2.78. The third-order valence-electron chi connectivity index (χ3n) is 3.19. The first-order valence-corrected chi connectivity index (χ1v) is 7.12. The lowest BCUT2D eigenvalue weighted by atomic mass is 10.1. The highest BCUT2D eigenvalue weighted by Gasteiger charge is 2.22. The van der Waals surface area contributed by atoms with Crippen LogP contribution in [0.5, 0.6) is 0 Å². The molecule has 0 aliphatic rings. The minimum Gasteiger partial charge on any atom is -0.397 e. The number of nitrogens with zero attached hydrogens (tertiary/aromatic N) is 1. The third kappa shape index (κ3) is 4.37. The molecule has 0 radical (unpaired) electrons. The molecule has 4 N–H and O–H groups in total. The Morgan fingerprint density at radius 2 is 2.20 bits per heavy atom. The molecule has 0 saturated heterocycles. The van der Waals surface area contributed by atoms with Crippen LogP contribution in [-0.4, -0.2) is 41.7 Å². The fraction of sp³-hybridized carbons (Fsp3) is 0.500. The van der Waals surface area contributed by atoms with Crippen LogP contribution in [0.4, 0.5) is 11.4 Å². The number of benzene rings is 1. The third-order valence-corrected chi connectivity index (χ3v) is 3.53. The van der Waals surface area contributed by atoms with E-state index in [-0.39, 0.29) is 18.6 Å². The molecule has 1 aromatic carbocycles. The molecule has 1 aromatic rings. The second-order valence-electron chi connectivity index (χ2n) is 4.50. The topological polar surface area (TPSA) is 78.6 Å². The van der Waals surface area contributed by atoms with Gasteiger partial charge in [-0.1, -0.05) is 25.4 Å². The van der Waals surface area contributed by atoms with Crippen LogP contribution < -0.4 is 11.1 Å². The summed E-state index contributed by atoms with van der Waals surface area (Å²) < 4.78 is 0. The van der Waals surface area contributed by atoms with Crippen LogP contribution in [0.25, 0.3) is 0 Å². The summed E-state index contributed by atoms with van der Waals surface area (Å²) >= 11 is 5.85. The van der Waals surface area contributed by atoms with E-state index in [2.05, 4.69) is 5.32 Å². The standard InChI is InChI=1S/C14H22ClN3O2/c1-3-13(18(4-2)7-8-19)14(20)17-10-5-6-11(15)12(16)9-10/h5-6,9,13,19H,3-4,7-8,16H2,1-2H3,(H,17,20). The average Bonchev–Trinajstić information content (AvgIpc) is 2.42. The van der Waals surface area contributed by atoms with Gasteiger partial charge in [0.15, 0.2) is 0 Å². The summed E-state index contributed by atoms with van der Waals surface area (Å²) in [7, 11) is 0. The highest BCUT2D eigenvalue weighted by molar-refractivity contribution is 6.33. The Morgan fingerprint density at radius 3 is 2.70 bits per heavy atom. The van der Waals surface area contributed by atoms with Crippen molar-refractivity contribution in [2.24, 2.45) is 0 Å². The maximum atomic E-state index is 12.3. The van der Waals surface area contributed by atoms with Crippen molar-refractivity contribution >= 4 is 28.9 Å². The molecule has 1 unspecified atom stereocenters. The first-order valence-electron chi connectivity index (χ1n) is 6.74. The van der Waals surface area contributed by atoms with Crippen molar-refractivity contribution in [3.63, 3.8) is 0 Å². The highest BCUT2D eigenvalue weighted by atomic mass is 35.5. The molecule has 0 fully saturated rings. The Labute approximate surface area is 124 Å². The van der Waals surface area contributed by atoms with Gasteiger partial charge in [0.1, 0.15) is 0 Å². The molecule has 6 heteroatoms. The van der Waals surface area contributed by atoms with Gasteiger partial charge in [0.05, 0.1) is 23.4 Å². The average molecular weight is 300 g/mol. The van der Waals surface area contributed by atoms with Crippen molar-refractivity contribution in [1.82, 2.24) is 4.90 Å². The van der Waals surface area contributed by atoms with E-state index in [4.69, 9.17) is 22.4 Å². The van der Waals surface area contributed by atoms with Gasteiger partial charge in [0, 0.05) is 12.2 Å². The minimum absolute atomic E-state index is 0.0332. The first-order chi connectivity index (χ1) is 9.53. The van der Waals surface area contributed by atoms with Crippen molar-refractivity contribution in [2.45, 2.75) is 26.3 Å². The fourth-order valence-electron chi connectivity index (χ4n) is 2.12. The number of hydrogen-bond donors (Lipinski definition) is 3. The van der Waals surface area contributed by atoms with Gasteiger partial charge in [-0.05, 0) is 31.2 Å². The lowest BCUT2D eigenvalue weighted by Gasteiger charge is -2.28. The Kier molecular flexibility index (Phi) is 6.78. The molecule has 0 aromatic heterocycles. The van der Waals surface area contributed by atoms with Crippen LogP contribution in [0.2, 0.25) is 5.02 Å². The summed E-state index contributed by atoms with van der Waals surface area (Å²) in [5, 5.41) is 12.3. The van der Waals surface area contributed by atoms with Crippen molar-refractivity contribution in [3.05, 3.63) is 23.2 Å². The van der Waals surface area contributed by atoms with E-state index >= 15 is 0 Å². The zero-order valence-electron chi connectivity index (χ0n) is 11.9. The molecular formula is C14H22ClN3O2. The van der Waals surface area contributed by atoms with Crippen molar-refractivity contribution < 1.29 is 9.90 Å². The number of amides is 1. The predicted octanol–water partition coefficient (Wildman–Crippen LogP) is 1.95. The number of carbonyl (C=O) groups excluding carboxylic acids is 1. The zero-order valence-corrected chi connectivity index (χ0v) is 12.7. The summed E-state index contributed by atoms with van der Waals surface area (Å²) in [6, 6.07) is 4.73. The summed E-state index contributed by atoms with van der Waals surface area (Å²) in [4.78, 5) is 14.2. The summed E-state index contributed by atoms with van der Waals surface area (Å²) in [5.74, 6) is -0.107. The molecule has 0 aliphatic carbocycles. The lowest BCUT2D eigenvalue weighted by Crippen LogP contribution is -2.44. The molecular weight excluding hydrogens is 278 g/mol. The van der Waals surface area contributed by atoms with Crippen LogP contribution in [0.1, 0.15) is 20.3 Å². The zero-order chi connectivity index (χ0) is 15.1. The van der Waals surface area contributed by atoms with Crippen molar-refractivity contribution in [3.8, 4) is 0 Å². The van der Waals surface area contributed by atoms with Crippen LogP contribution >= 0.6 is 11.6 Å². The SMILES string of the molecule is CCC(C(=O)Nc1ccc(Cl)c(N)c1)N(CC)CCO. The van der Waals surface area contributed by atoms with Gasteiger partial charge in [0.25, 0.3) is 0 Å². The van der Waals surface area contributed by atoms with E-state index in [1.54, 1.807) is 18.2 Å². The molecule has 1 atom stereocenters. The van der Waals surface area contributed by atoms with Gasteiger partial charge in [-0.15, -0.1) is 0 Å². The van der Waals surface area contributed by atoms with E-state index in [0.29, 0.717) is 35.9 Å². The number of hydrogen-bond acceptors (Lipinski definition) is 4. The van der Waals surface area contributed by atoms with Crippen LogP contribution in [0, 0.1) is 0 Å². The quantitative estimate of drug-likeness (QED) is 0.673. The largest absolute Gasteiger partial charge is 0.397 e. The number of nitrogens with one attached hydrogen (secondary N) is 1. The Hall–Kier alpha value is -1.30. The summed E-state index contributed by atoms with van der Waals surface area (Å²) in [5.41, 5.74) is 6.76. The number of halogens is 1. The van der Waals surface area contributed by atoms with Crippen LogP contribution in [-0.2, 0) is 4.79 Å². The van der Waals surface area contributed by atoms with E-state index in [0.717, 1.165) is 0 Å². The number of rotatable bonds is 7. The molecule has 5 nitrogen and oxygen atoms in total. The van der Waals surface area contributed by atoms with E-state index in [9.17, 15) is 4.79 Å². The number of carbonyl (C=O) groups is 1. The molecule has 0 bridgehead atoms. The van der Waals surface area contributed by atoms with E-state index in [1.807, 2.05) is 18.7 Å². The molecule has 0 spiro atoms. The number of aliphatic hydroxyl groups excluding tert-OH is 1. The lowest BCUT2D eigenvalue weighted by molar-refractivity contribution is -0.121. The molecule has 1 rings (SSSR count). The normalized spacial score (nSPS) is 12.4. The summed E-state index contributed by atoms with van der Waals surface area (Å²) in [6.07, 6.45) is 0.669. The fourth-order valence-corrected chi connectivity index (χ4v) is 2.24. The molecule has 1 amide bonds. The van der Waals surface area contributed by atoms with Crippen LogP contribution in [0.15, 0.2) is 18.2 Å². The van der Waals surface area contributed by atoms with Crippen molar-refractivity contribution in [2.75, 3.05) is 30.7 Å². The summed E-state index contributed by atoms with van der Waals surface area (Å²) in [6.45, 7) is 5.12. The maximum absolute atomic E-state index is 12.3.